The Labute approximate surface area is 290 Å². The number of carbonyl (C=O) groups is 1. The van der Waals surface area contributed by atoms with Gasteiger partial charge in [-0.1, -0.05) is 24.3 Å². The van der Waals surface area contributed by atoms with Crippen molar-refractivity contribution < 1.29 is 32.2 Å². The Bertz CT molecular complexity index is 1710. The van der Waals surface area contributed by atoms with E-state index < -0.39 is 6.36 Å². The summed E-state index contributed by atoms with van der Waals surface area (Å²) in [5.41, 5.74) is 4.96. The van der Waals surface area contributed by atoms with Crippen molar-refractivity contribution in [2.45, 2.75) is 38.5 Å². The van der Waals surface area contributed by atoms with Crippen molar-refractivity contribution in [3.05, 3.63) is 78.0 Å². The highest BCUT2D eigenvalue weighted by Crippen LogP contribution is 2.34. The second-order valence-corrected chi connectivity index (χ2v) is 12.7. The Balaban J connectivity index is 1.14. The molecule has 0 aliphatic carbocycles. The fraction of sp³-hybridized carbons (Fsp3) is 0.432. The van der Waals surface area contributed by atoms with E-state index in [4.69, 9.17) is 9.47 Å². The molecule has 1 aromatic heterocycles. The fourth-order valence-corrected chi connectivity index (χ4v) is 6.79. The van der Waals surface area contributed by atoms with Crippen molar-refractivity contribution in [1.82, 2.24) is 30.3 Å². The number of nitrogens with one attached hydrogen (secondary N) is 3. The van der Waals surface area contributed by atoms with Gasteiger partial charge >= 0.3 is 6.36 Å². The van der Waals surface area contributed by atoms with Crippen LogP contribution in [0.25, 0.3) is 22.0 Å². The lowest BCUT2D eigenvalue weighted by Gasteiger charge is -2.35. The highest BCUT2D eigenvalue weighted by atomic mass is 19.4. The third kappa shape index (κ3) is 8.88. The number of piperazine rings is 2. The normalized spacial score (nSPS) is 17.5. The summed E-state index contributed by atoms with van der Waals surface area (Å²) >= 11 is 0. The van der Waals surface area contributed by atoms with E-state index in [2.05, 4.69) is 53.3 Å². The maximum Gasteiger partial charge on any atom is 0.573 e. The quantitative estimate of drug-likeness (QED) is 0.175. The topological polar surface area (TPSA) is 92.3 Å². The molecule has 1 atom stereocenters. The Kier molecular flexibility index (Phi) is 11.5. The molecule has 4 aromatic rings. The van der Waals surface area contributed by atoms with Crippen LogP contribution in [0.2, 0.25) is 0 Å². The molecule has 3 heterocycles. The van der Waals surface area contributed by atoms with Crippen molar-refractivity contribution in [1.29, 1.82) is 0 Å². The average Bonchev–Trinajstić information content (AvgIpc) is 3.48. The monoisotopic (exact) mass is 694 g/mol. The minimum absolute atomic E-state index is 0.0126. The number of ether oxygens (including phenoxy) is 3. The summed E-state index contributed by atoms with van der Waals surface area (Å²) in [6.07, 6.45) is -1.98. The van der Waals surface area contributed by atoms with Crippen molar-refractivity contribution in [2.75, 3.05) is 66.6 Å². The van der Waals surface area contributed by atoms with Gasteiger partial charge in [0.05, 0.1) is 25.8 Å². The number of aromatic nitrogens is 1. The van der Waals surface area contributed by atoms with Gasteiger partial charge in [0.2, 0.25) is 5.91 Å². The molecule has 13 heteroatoms. The molecule has 0 bridgehead atoms. The van der Waals surface area contributed by atoms with E-state index in [0.29, 0.717) is 19.6 Å². The highest BCUT2D eigenvalue weighted by molar-refractivity contribution is 5.96. The molecular formula is C37H45F3N6O4. The van der Waals surface area contributed by atoms with Crippen LogP contribution in [0.3, 0.4) is 0 Å². The first-order valence-corrected chi connectivity index (χ1v) is 17.0. The molecule has 0 radical (unpaired) electrons. The number of halogens is 3. The number of hydrogen-bond acceptors (Lipinski definition) is 8. The Hall–Kier alpha value is -4.30. The summed E-state index contributed by atoms with van der Waals surface area (Å²) in [5, 5.41) is 10.5. The van der Waals surface area contributed by atoms with Gasteiger partial charge in [0, 0.05) is 94.7 Å². The lowest BCUT2D eigenvalue weighted by atomic mass is 10.0. The lowest BCUT2D eigenvalue weighted by Crippen LogP contribution is -2.55. The van der Waals surface area contributed by atoms with Crippen molar-refractivity contribution in [2.24, 2.45) is 0 Å². The highest BCUT2D eigenvalue weighted by Gasteiger charge is 2.31. The SMILES string of the molecule is COc1cccc(OC)c1CN1CCN(Cc2ccc3c(c2)c(-c2ccc(OC(F)(F)F)cc2)cn3CCCNC(=O)C2CNCCN2)CC1. The van der Waals surface area contributed by atoms with Gasteiger partial charge < -0.3 is 34.7 Å². The van der Waals surface area contributed by atoms with Gasteiger partial charge in [-0.2, -0.15) is 0 Å². The molecule has 3 N–H and O–H groups in total. The molecule has 2 fully saturated rings. The summed E-state index contributed by atoms with van der Waals surface area (Å²) in [6, 6.07) is 18.1. The summed E-state index contributed by atoms with van der Waals surface area (Å²) in [4.78, 5) is 17.4. The van der Waals surface area contributed by atoms with Crippen molar-refractivity contribution in [3.63, 3.8) is 0 Å². The van der Waals surface area contributed by atoms with Gasteiger partial charge in [0.25, 0.3) is 0 Å². The van der Waals surface area contributed by atoms with Gasteiger partial charge in [0.1, 0.15) is 17.2 Å². The number of amides is 1. The molecule has 1 amide bonds. The zero-order chi connectivity index (χ0) is 35.1. The predicted molar refractivity (Wildman–Crippen MR) is 186 cm³/mol. The third-order valence-electron chi connectivity index (χ3n) is 9.36. The first-order chi connectivity index (χ1) is 24.2. The van der Waals surface area contributed by atoms with E-state index in [0.717, 1.165) is 103 Å². The summed E-state index contributed by atoms with van der Waals surface area (Å²) in [7, 11) is 3.36. The first-order valence-electron chi connectivity index (χ1n) is 17.0. The van der Waals surface area contributed by atoms with Gasteiger partial charge in [-0.15, -0.1) is 13.2 Å². The molecule has 2 aliphatic heterocycles. The van der Waals surface area contributed by atoms with E-state index >= 15 is 0 Å². The average molecular weight is 695 g/mol. The number of carbonyl (C=O) groups excluding carboxylic acids is 1. The molecule has 3 aromatic carbocycles. The van der Waals surface area contributed by atoms with Crippen LogP contribution in [-0.4, -0.2) is 99.3 Å². The number of nitrogens with zero attached hydrogens (tertiary/aromatic N) is 3. The second-order valence-electron chi connectivity index (χ2n) is 12.7. The van der Waals surface area contributed by atoms with E-state index in [1.54, 1.807) is 26.4 Å². The molecule has 50 heavy (non-hydrogen) atoms. The molecule has 0 saturated carbocycles. The smallest absolute Gasteiger partial charge is 0.496 e. The number of benzene rings is 3. The number of alkyl halides is 3. The van der Waals surface area contributed by atoms with Crippen LogP contribution in [0.5, 0.6) is 17.2 Å². The minimum Gasteiger partial charge on any atom is -0.496 e. The van der Waals surface area contributed by atoms with Gasteiger partial charge in [-0.05, 0) is 53.9 Å². The van der Waals surface area contributed by atoms with Crippen LogP contribution >= 0.6 is 0 Å². The van der Waals surface area contributed by atoms with Crippen LogP contribution < -0.4 is 30.2 Å². The molecule has 1 unspecified atom stereocenters. The van der Waals surface area contributed by atoms with Crippen molar-refractivity contribution >= 4 is 16.8 Å². The molecule has 0 spiro atoms. The summed E-state index contributed by atoms with van der Waals surface area (Å²) in [6.45, 7) is 8.56. The van der Waals surface area contributed by atoms with Crippen LogP contribution in [0.15, 0.2) is 66.9 Å². The van der Waals surface area contributed by atoms with Crippen LogP contribution in [0, 0.1) is 0 Å². The second kappa shape index (κ2) is 16.2. The van der Waals surface area contributed by atoms with Gasteiger partial charge in [-0.25, -0.2) is 0 Å². The largest absolute Gasteiger partial charge is 0.573 e. The van der Waals surface area contributed by atoms with Crippen LogP contribution in [0.4, 0.5) is 13.2 Å². The van der Waals surface area contributed by atoms with Gasteiger partial charge in [-0.3, -0.25) is 14.6 Å². The van der Waals surface area contributed by atoms with Gasteiger partial charge in [0.15, 0.2) is 0 Å². The standard InChI is InChI=1S/C37H45F3N6O4/c1-48-34-5-3-6-35(49-2)31(34)24-45-19-17-44(18-20-45)23-26-7-12-33-29(21-26)30(27-8-10-28(11-9-27)50-37(38,39)40)25-46(33)16-4-13-43-36(47)32-22-41-14-15-42-32/h3,5-12,21,25,32,41-42H,4,13-20,22-24H2,1-2H3,(H,43,47). The molecular weight excluding hydrogens is 649 g/mol. The van der Waals surface area contributed by atoms with E-state index in [1.165, 1.54) is 12.1 Å². The molecule has 6 rings (SSSR count). The molecule has 10 nitrogen and oxygen atoms in total. The number of hydrogen-bond donors (Lipinski definition) is 3. The Morgan fingerprint density at radius 2 is 1.62 bits per heavy atom. The number of aryl methyl sites for hydroxylation is 1. The van der Waals surface area contributed by atoms with Crippen LogP contribution in [0.1, 0.15) is 17.5 Å². The molecule has 2 aliphatic rings. The summed E-state index contributed by atoms with van der Waals surface area (Å²) < 4.78 is 55.9. The predicted octanol–water partition coefficient (Wildman–Crippen LogP) is 4.61. The third-order valence-corrected chi connectivity index (χ3v) is 9.36. The number of fused-ring (bicyclic) bond motifs is 1. The zero-order valence-electron chi connectivity index (χ0n) is 28.5. The van der Waals surface area contributed by atoms with E-state index in [-0.39, 0.29) is 17.7 Å². The summed E-state index contributed by atoms with van der Waals surface area (Å²) in [5.74, 6) is 1.38. The Morgan fingerprint density at radius 3 is 2.26 bits per heavy atom. The van der Waals surface area contributed by atoms with Crippen LogP contribution in [-0.2, 0) is 24.4 Å². The number of rotatable bonds is 13. The Morgan fingerprint density at radius 1 is 0.920 bits per heavy atom. The van der Waals surface area contributed by atoms with E-state index in [1.807, 2.05) is 24.4 Å². The molecule has 2 saturated heterocycles. The number of methoxy groups -OCH3 is 2. The molecule has 268 valence electrons. The maximum atomic E-state index is 12.8. The van der Waals surface area contributed by atoms with Crippen molar-refractivity contribution in [3.8, 4) is 28.4 Å². The zero-order valence-corrected chi connectivity index (χ0v) is 28.5. The first kappa shape index (κ1) is 35.5. The fourth-order valence-electron chi connectivity index (χ4n) is 6.79. The van der Waals surface area contributed by atoms with E-state index in [9.17, 15) is 18.0 Å². The lowest BCUT2D eigenvalue weighted by molar-refractivity contribution is -0.274. The minimum atomic E-state index is -4.75. The maximum absolute atomic E-state index is 12.8.